The molecule has 0 aromatic carbocycles. The molecule has 0 N–H and O–H groups in total. The molecule has 0 aliphatic carbocycles. The van der Waals surface area contributed by atoms with E-state index in [0.29, 0.717) is 5.88 Å². The third kappa shape index (κ3) is 2.63. The first-order valence-electron chi connectivity index (χ1n) is 3.24. The molecule has 2 heteroatoms. The Labute approximate surface area is 65.7 Å². The molecule has 0 nitrogen and oxygen atoms in total. The van der Waals surface area contributed by atoms with Gasteiger partial charge < -0.3 is 0 Å². The van der Waals surface area contributed by atoms with E-state index in [9.17, 15) is 0 Å². The van der Waals surface area contributed by atoms with Crippen LogP contribution in [0, 0.1) is 5.92 Å². The summed E-state index contributed by atoms with van der Waals surface area (Å²) in [6.45, 7) is 0. The van der Waals surface area contributed by atoms with Crippen LogP contribution in [0.3, 0.4) is 0 Å². The van der Waals surface area contributed by atoms with Gasteiger partial charge in [-0.3, -0.25) is 0 Å². The number of halogens is 1. The summed E-state index contributed by atoms with van der Waals surface area (Å²) in [6, 6.07) is 0. The molecule has 1 saturated heterocycles. The lowest BCUT2D eigenvalue weighted by Crippen LogP contribution is -1.90. The number of rotatable bonds is 2. The molecule has 1 aliphatic heterocycles. The lowest BCUT2D eigenvalue weighted by molar-refractivity contribution is 0.746. The molecule has 0 amide bonds. The first-order chi connectivity index (χ1) is 4.43. The minimum Gasteiger partial charge on any atom is -0.161 e. The van der Waals surface area contributed by atoms with Crippen molar-refractivity contribution in [1.29, 1.82) is 0 Å². The predicted octanol–water partition coefficient (Wildman–Crippen LogP) is 2.53. The molecule has 0 spiro atoms. The van der Waals surface area contributed by atoms with E-state index in [1.807, 2.05) is 11.8 Å². The van der Waals surface area contributed by atoms with Gasteiger partial charge in [-0.25, -0.2) is 0 Å². The third-order valence-corrected chi connectivity index (χ3v) is 2.83. The normalized spacial score (nSPS) is 27.9. The van der Waals surface area contributed by atoms with E-state index in [1.165, 1.54) is 17.9 Å². The lowest BCUT2D eigenvalue weighted by Gasteiger charge is -1.96. The van der Waals surface area contributed by atoms with Gasteiger partial charge in [0.05, 0.1) is 0 Å². The van der Waals surface area contributed by atoms with Crippen LogP contribution in [-0.2, 0) is 0 Å². The second-order valence-electron chi connectivity index (χ2n) is 2.21. The molecular formula is C7H11ClS. The van der Waals surface area contributed by atoms with Crippen LogP contribution in [0.4, 0.5) is 0 Å². The monoisotopic (exact) mass is 162 g/mol. The highest BCUT2D eigenvalue weighted by Gasteiger charge is 2.10. The van der Waals surface area contributed by atoms with E-state index in [0.717, 1.165) is 5.92 Å². The van der Waals surface area contributed by atoms with Gasteiger partial charge in [0.15, 0.2) is 0 Å². The molecule has 9 heavy (non-hydrogen) atoms. The summed E-state index contributed by atoms with van der Waals surface area (Å²) in [7, 11) is 0. The van der Waals surface area contributed by atoms with Crippen LogP contribution in [0.15, 0.2) is 12.2 Å². The van der Waals surface area contributed by atoms with Gasteiger partial charge in [-0.05, 0) is 23.8 Å². The summed E-state index contributed by atoms with van der Waals surface area (Å²) >= 11 is 7.52. The molecule has 0 saturated carbocycles. The highest BCUT2D eigenvalue weighted by molar-refractivity contribution is 7.99. The van der Waals surface area contributed by atoms with Gasteiger partial charge >= 0.3 is 0 Å². The van der Waals surface area contributed by atoms with Crippen molar-refractivity contribution in [2.24, 2.45) is 5.92 Å². The Morgan fingerprint density at radius 3 is 3.11 bits per heavy atom. The zero-order valence-electron chi connectivity index (χ0n) is 5.35. The standard InChI is InChI=1S/C7H11ClS/c8-4-1-2-7-3-5-9-6-7/h1-2,7H,3-6H2/b2-1+. The summed E-state index contributed by atoms with van der Waals surface area (Å²) in [5.74, 6) is 4.11. The van der Waals surface area contributed by atoms with Crippen LogP contribution in [0.25, 0.3) is 0 Å². The molecule has 1 aliphatic rings. The van der Waals surface area contributed by atoms with Crippen molar-refractivity contribution in [1.82, 2.24) is 0 Å². The fraction of sp³-hybridized carbons (Fsp3) is 0.714. The number of hydrogen-bond donors (Lipinski definition) is 0. The van der Waals surface area contributed by atoms with Gasteiger partial charge in [-0.15, -0.1) is 11.6 Å². The Kier molecular flexibility index (Phi) is 3.52. The van der Waals surface area contributed by atoms with Crippen molar-refractivity contribution in [3.05, 3.63) is 12.2 Å². The smallest absolute Gasteiger partial charge is 0.0404 e. The molecule has 1 unspecified atom stereocenters. The Morgan fingerprint density at radius 2 is 2.56 bits per heavy atom. The Hall–Kier alpha value is 0.380. The van der Waals surface area contributed by atoms with Gasteiger partial charge in [-0.2, -0.15) is 11.8 Å². The third-order valence-electron chi connectivity index (χ3n) is 1.46. The van der Waals surface area contributed by atoms with Crippen LogP contribution < -0.4 is 0 Å². The fourth-order valence-corrected chi connectivity index (χ4v) is 2.27. The van der Waals surface area contributed by atoms with Crippen LogP contribution in [-0.4, -0.2) is 17.4 Å². The van der Waals surface area contributed by atoms with Crippen LogP contribution >= 0.6 is 23.4 Å². The molecule has 1 rings (SSSR count). The van der Waals surface area contributed by atoms with Crippen LogP contribution in [0.5, 0.6) is 0 Å². The summed E-state index contributed by atoms with van der Waals surface area (Å²) < 4.78 is 0. The topological polar surface area (TPSA) is 0 Å². The Bertz CT molecular complexity index is 95.1. The largest absolute Gasteiger partial charge is 0.161 e. The highest BCUT2D eigenvalue weighted by Crippen LogP contribution is 2.23. The summed E-state index contributed by atoms with van der Waals surface area (Å²) in [5.41, 5.74) is 0. The van der Waals surface area contributed by atoms with E-state index >= 15 is 0 Å². The van der Waals surface area contributed by atoms with Crippen LogP contribution in [0.1, 0.15) is 6.42 Å². The van der Waals surface area contributed by atoms with Gasteiger partial charge in [0, 0.05) is 5.88 Å². The molecule has 0 aromatic heterocycles. The van der Waals surface area contributed by atoms with Crippen molar-refractivity contribution in [2.45, 2.75) is 6.42 Å². The quantitative estimate of drug-likeness (QED) is 0.444. The van der Waals surface area contributed by atoms with Crippen molar-refractivity contribution in [3.8, 4) is 0 Å². The molecule has 1 fully saturated rings. The van der Waals surface area contributed by atoms with Crippen molar-refractivity contribution in [2.75, 3.05) is 17.4 Å². The molecular weight excluding hydrogens is 152 g/mol. The number of hydrogen-bond acceptors (Lipinski definition) is 1. The minimum atomic E-state index is 0.668. The average Bonchev–Trinajstić information content (AvgIpc) is 2.34. The van der Waals surface area contributed by atoms with Crippen molar-refractivity contribution < 1.29 is 0 Å². The van der Waals surface area contributed by atoms with Gasteiger partial charge in [-0.1, -0.05) is 12.2 Å². The summed E-state index contributed by atoms with van der Waals surface area (Å²) in [5, 5.41) is 0. The number of thioether (sulfide) groups is 1. The molecule has 52 valence electrons. The van der Waals surface area contributed by atoms with Crippen LogP contribution in [0.2, 0.25) is 0 Å². The molecule has 1 heterocycles. The zero-order valence-corrected chi connectivity index (χ0v) is 6.92. The predicted molar refractivity (Wildman–Crippen MR) is 45.3 cm³/mol. The van der Waals surface area contributed by atoms with Crippen molar-refractivity contribution in [3.63, 3.8) is 0 Å². The SMILES string of the molecule is ClC/C=C/C1CCSC1. The molecule has 0 aromatic rings. The number of alkyl halides is 1. The van der Waals surface area contributed by atoms with Crippen molar-refractivity contribution >= 4 is 23.4 Å². The average molecular weight is 163 g/mol. The van der Waals surface area contributed by atoms with Gasteiger partial charge in [0.2, 0.25) is 0 Å². The highest BCUT2D eigenvalue weighted by atomic mass is 35.5. The van der Waals surface area contributed by atoms with E-state index in [2.05, 4.69) is 12.2 Å². The first kappa shape index (κ1) is 7.49. The minimum absolute atomic E-state index is 0.668. The molecule has 1 atom stereocenters. The van der Waals surface area contributed by atoms with E-state index < -0.39 is 0 Å². The van der Waals surface area contributed by atoms with E-state index in [-0.39, 0.29) is 0 Å². The van der Waals surface area contributed by atoms with E-state index in [1.54, 1.807) is 0 Å². The summed E-state index contributed by atoms with van der Waals surface area (Å²) in [4.78, 5) is 0. The first-order valence-corrected chi connectivity index (χ1v) is 4.93. The van der Waals surface area contributed by atoms with Gasteiger partial charge in [0.1, 0.15) is 0 Å². The fourth-order valence-electron chi connectivity index (χ4n) is 0.948. The second-order valence-corrected chi connectivity index (χ2v) is 3.66. The maximum absolute atomic E-state index is 5.49. The Morgan fingerprint density at radius 1 is 1.67 bits per heavy atom. The lowest BCUT2D eigenvalue weighted by atomic mass is 10.1. The molecule has 0 radical (unpaired) electrons. The van der Waals surface area contributed by atoms with Gasteiger partial charge in [0.25, 0.3) is 0 Å². The maximum atomic E-state index is 5.49. The molecule has 0 bridgehead atoms. The van der Waals surface area contributed by atoms with E-state index in [4.69, 9.17) is 11.6 Å². The number of allylic oxidation sites excluding steroid dienone is 2. The zero-order chi connectivity index (χ0) is 6.53. The summed E-state index contributed by atoms with van der Waals surface area (Å²) in [6.07, 6.45) is 5.64. The maximum Gasteiger partial charge on any atom is 0.0404 e. The Balaban J connectivity index is 2.18. The second kappa shape index (κ2) is 4.24.